The van der Waals surface area contributed by atoms with Crippen molar-refractivity contribution in [2.24, 2.45) is 5.41 Å². The van der Waals surface area contributed by atoms with Gasteiger partial charge < -0.3 is 14.4 Å². The number of ether oxygens (including phenoxy) is 2. The standard InChI is InChI=1S/C32H41Cl2NO5S/c1-7-26(15-16-41(37,38)21(2)3)35-29(22-11-13-24(33)14-12-22)28(23-9-8-10-25(34)17-23)19-32(6,30(35)36)18-27-20-39-31(4,5)40-27/h8-17,21,26-29H,7,18-20H2,1-6H3/t26-,27?,28+,29+,32-/m0/s1. The normalized spacial score (nSPS) is 27.6. The van der Waals surface area contributed by atoms with Crippen molar-refractivity contribution < 1.29 is 22.7 Å². The highest BCUT2D eigenvalue weighted by Gasteiger charge is 2.53. The van der Waals surface area contributed by atoms with Crippen molar-refractivity contribution in [2.75, 3.05) is 6.61 Å². The average molecular weight is 623 g/mol. The molecule has 224 valence electrons. The highest BCUT2D eigenvalue weighted by molar-refractivity contribution is 7.94. The molecular formula is C32H41Cl2NO5S. The van der Waals surface area contributed by atoms with Gasteiger partial charge in [-0.2, -0.15) is 0 Å². The summed E-state index contributed by atoms with van der Waals surface area (Å²) in [4.78, 5) is 16.6. The van der Waals surface area contributed by atoms with Gasteiger partial charge in [0.25, 0.3) is 0 Å². The fraction of sp³-hybridized carbons (Fsp3) is 0.531. The molecule has 2 aromatic carbocycles. The summed E-state index contributed by atoms with van der Waals surface area (Å²) in [5.74, 6) is -0.879. The van der Waals surface area contributed by atoms with Crippen LogP contribution < -0.4 is 0 Å². The van der Waals surface area contributed by atoms with E-state index in [1.54, 1.807) is 19.9 Å². The molecule has 0 spiro atoms. The Labute approximate surface area is 254 Å². The summed E-state index contributed by atoms with van der Waals surface area (Å²) in [5, 5.41) is 1.93. The molecule has 0 saturated carbocycles. The molecule has 0 radical (unpaired) electrons. The molecule has 2 fully saturated rings. The van der Waals surface area contributed by atoms with Crippen molar-refractivity contribution >= 4 is 38.9 Å². The number of hydrogen-bond acceptors (Lipinski definition) is 5. The first-order valence-electron chi connectivity index (χ1n) is 14.2. The van der Waals surface area contributed by atoms with E-state index in [1.807, 2.05) is 81.1 Å². The number of rotatable bonds is 9. The topological polar surface area (TPSA) is 72.9 Å². The first-order chi connectivity index (χ1) is 19.2. The van der Waals surface area contributed by atoms with E-state index < -0.39 is 32.3 Å². The van der Waals surface area contributed by atoms with Gasteiger partial charge in [-0.3, -0.25) is 4.79 Å². The maximum absolute atomic E-state index is 14.7. The van der Waals surface area contributed by atoms with Crippen molar-refractivity contribution in [3.05, 3.63) is 81.2 Å². The van der Waals surface area contributed by atoms with Crippen LogP contribution in [0, 0.1) is 5.41 Å². The van der Waals surface area contributed by atoms with Gasteiger partial charge in [0.1, 0.15) is 0 Å². The third-order valence-electron chi connectivity index (χ3n) is 8.26. The maximum Gasteiger partial charge on any atom is 0.229 e. The fourth-order valence-corrected chi connectivity index (χ4v) is 7.12. The zero-order chi connectivity index (χ0) is 30.2. The number of halogens is 2. The van der Waals surface area contributed by atoms with E-state index in [4.69, 9.17) is 32.7 Å². The Hall–Kier alpha value is -1.90. The van der Waals surface area contributed by atoms with Gasteiger partial charge in [0.15, 0.2) is 15.6 Å². The number of likely N-dealkylation sites (tertiary alicyclic amines) is 1. The van der Waals surface area contributed by atoms with E-state index in [0.29, 0.717) is 35.9 Å². The minimum Gasteiger partial charge on any atom is -0.348 e. The third kappa shape index (κ3) is 7.19. The summed E-state index contributed by atoms with van der Waals surface area (Å²) in [6.07, 6.45) is 3.00. The molecule has 2 aliphatic rings. The number of sulfone groups is 1. The Bertz CT molecular complexity index is 1370. The van der Waals surface area contributed by atoms with Crippen LogP contribution in [0.25, 0.3) is 0 Å². The second kappa shape index (κ2) is 12.4. The number of amides is 1. The number of benzene rings is 2. The zero-order valence-corrected chi connectivity index (χ0v) is 27.0. The molecule has 41 heavy (non-hydrogen) atoms. The Balaban J connectivity index is 1.88. The Morgan fingerprint density at radius 2 is 1.73 bits per heavy atom. The zero-order valence-electron chi connectivity index (χ0n) is 24.6. The van der Waals surface area contributed by atoms with Gasteiger partial charge >= 0.3 is 0 Å². The molecule has 0 aliphatic carbocycles. The fourth-order valence-electron chi connectivity index (χ4n) is 6.08. The summed E-state index contributed by atoms with van der Waals surface area (Å²) in [7, 11) is -3.47. The molecule has 2 aliphatic heterocycles. The lowest BCUT2D eigenvalue weighted by molar-refractivity contribution is -0.161. The molecule has 0 bridgehead atoms. The average Bonchev–Trinajstić information content (AvgIpc) is 3.24. The molecule has 6 nitrogen and oxygen atoms in total. The molecule has 1 unspecified atom stereocenters. The highest BCUT2D eigenvalue weighted by Crippen LogP contribution is 2.53. The largest absolute Gasteiger partial charge is 0.348 e. The number of piperidine rings is 1. The number of hydrogen-bond donors (Lipinski definition) is 0. The third-order valence-corrected chi connectivity index (χ3v) is 10.6. The van der Waals surface area contributed by atoms with Gasteiger partial charge in [-0.15, -0.1) is 0 Å². The van der Waals surface area contributed by atoms with Crippen LogP contribution in [0.1, 0.15) is 83.9 Å². The van der Waals surface area contributed by atoms with Gasteiger partial charge in [0, 0.05) is 26.8 Å². The second-order valence-electron chi connectivity index (χ2n) is 12.2. The Morgan fingerprint density at radius 3 is 2.29 bits per heavy atom. The molecule has 1 amide bonds. The van der Waals surface area contributed by atoms with Crippen LogP contribution in [0.2, 0.25) is 10.0 Å². The van der Waals surface area contributed by atoms with Crippen molar-refractivity contribution in [1.29, 1.82) is 0 Å². The van der Waals surface area contributed by atoms with Gasteiger partial charge in [0.2, 0.25) is 5.91 Å². The quantitative estimate of drug-likeness (QED) is 0.287. The van der Waals surface area contributed by atoms with Crippen LogP contribution in [0.3, 0.4) is 0 Å². The van der Waals surface area contributed by atoms with Crippen molar-refractivity contribution in [3.63, 3.8) is 0 Å². The van der Waals surface area contributed by atoms with Crippen LogP contribution in [0.15, 0.2) is 60.0 Å². The van der Waals surface area contributed by atoms with E-state index in [0.717, 1.165) is 11.1 Å². The van der Waals surface area contributed by atoms with E-state index in [-0.39, 0.29) is 24.0 Å². The summed E-state index contributed by atoms with van der Waals surface area (Å²) in [6.45, 7) is 11.4. The monoisotopic (exact) mass is 621 g/mol. The first-order valence-corrected chi connectivity index (χ1v) is 16.6. The number of carbonyl (C=O) groups is 1. The van der Waals surface area contributed by atoms with E-state index in [1.165, 1.54) is 5.41 Å². The van der Waals surface area contributed by atoms with Gasteiger partial charge in [-0.1, -0.05) is 67.4 Å². The van der Waals surface area contributed by atoms with E-state index in [9.17, 15) is 13.2 Å². The molecule has 2 heterocycles. The van der Waals surface area contributed by atoms with Crippen LogP contribution in [-0.4, -0.2) is 49.0 Å². The maximum atomic E-state index is 14.7. The Morgan fingerprint density at radius 1 is 1.05 bits per heavy atom. The number of carbonyl (C=O) groups excluding carboxylic acids is 1. The Kier molecular flexibility index (Phi) is 9.66. The summed E-state index contributed by atoms with van der Waals surface area (Å²) < 4.78 is 37.6. The van der Waals surface area contributed by atoms with E-state index >= 15 is 0 Å². The summed E-state index contributed by atoms with van der Waals surface area (Å²) in [5.41, 5.74) is 1.14. The molecule has 5 atom stereocenters. The van der Waals surface area contributed by atoms with Gasteiger partial charge in [-0.05, 0) is 82.3 Å². The highest BCUT2D eigenvalue weighted by atomic mass is 35.5. The predicted molar refractivity (Wildman–Crippen MR) is 165 cm³/mol. The number of nitrogens with zero attached hydrogens (tertiary/aromatic N) is 1. The molecule has 0 N–H and O–H groups in total. The second-order valence-corrected chi connectivity index (χ2v) is 15.5. The molecule has 4 rings (SSSR count). The lowest BCUT2D eigenvalue weighted by atomic mass is 9.66. The molecular weight excluding hydrogens is 581 g/mol. The van der Waals surface area contributed by atoms with Crippen LogP contribution in [0.4, 0.5) is 0 Å². The van der Waals surface area contributed by atoms with Crippen molar-refractivity contribution in [3.8, 4) is 0 Å². The van der Waals surface area contributed by atoms with Gasteiger partial charge in [-0.25, -0.2) is 8.42 Å². The predicted octanol–water partition coefficient (Wildman–Crippen LogP) is 7.71. The van der Waals surface area contributed by atoms with Crippen LogP contribution in [-0.2, 0) is 24.1 Å². The summed E-state index contributed by atoms with van der Waals surface area (Å²) >= 11 is 12.8. The van der Waals surface area contributed by atoms with Gasteiger partial charge in [0.05, 0.1) is 30.0 Å². The molecule has 9 heteroatoms. The minimum atomic E-state index is -3.47. The molecule has 2 aromatic rings. The summed E-state index contributed by atoms with van der Waals surface area (Å²) in [6, 6.07) is 14.5. The van der Waals surface area contributed by atoms with Crippen molar-refractivity contribution in [1.82, 2.24) is 4.90 Å². The van der Waals surface area contributed by atoms with Crippen LogP contribution >= 0.6 is 23.2 Å². The SMILES string of the molecule is CC[C@@H](C=CS(=O)(=O)C(C)C)N1C(=O)[C@@](C)(CC2COC(C)(C)O2)C[C@H](c2cccc(Cl)c2)[C@H]1c1ccc(Cl)cc1. The first kappa shape index (κ1) is 32.0. The van der Waals surface area contributed by atoms with Crippen molar-refractivity contribution in [2.45, 2.75) is 95.9 Å². The van der Waals surface area contributed by atoms with Crippen LogP contribution in [0.5, 0.6) is 0 Å². The molecule has 2 saturated heterocycles. The smallest absolute Gasteiger partial charge is 0.229 e. The molecule has 0 aromatic heterocycles. The lowest BCUT2D eigenvalue weighted by Gasteiger charge is -2.52. The minimum absolute atomic E-state index is 0.0394. The lowest BCUT2D eigenvalue weighted by Crippen LogP contribution is -2.56. The van der Waals surface area contributed by atoms with E-state index in [2.05, 4.69) is 0 Å².